The molecule has 20 heavy (non-hydrogen) atoms. The Hall–Kier alpha value is -1.32. The van der Waals surface area contributed by atoms with Gasteiger partial charge in [-0.1, -0.05) is 30.3 Å². The largest absolute Gasteiger partial charge is 0.315 e. The topological polar surface area (TPSA) is 12.0 Å². The fourth-order valence-electron chi connectivity index (χ4n) is 2.51. The summed E-state index contributed by atoms with van der Waals surface area (Å²) < 4.78 is 12.8. The Balaban J connectivity index is 1.40. The van der Waals surface area contributed by atoms with E-state index < -0.39 is 0 Å². The molecule has 0 saturated heterocycles. The number of rotatable bonds is 5. The van der Waals surface area contributed by atoms with Crippen molar-refractivity contribution in [3.8, 4) is 0 Å². The predicted molar refractivity (Wildman–Crippen MR) is 82.8 cm³/mol. The molecular weight excluding hydrogens is 269 g/mol. The van der Waals surface area contributed by atoms with E-state index in [2.05, 4.69) is 29.6 Å². The van der Waals surface area contributed by atoms with Crippen molar-refractivity contribution in [1.82, 2.24) is 5.32 Å². The third kappa shape index (κ3) is 3.41. The first-order chi connectivity index (χ1) is 9.81. The van der Waals surface area contributed by atoms with Crippen molar-refractivity contribution < 1.29 is 4.39 Å². The van der Waals surface area contributed by atoms with Crippen LogP contribution in [-0.2, 0) is 12.8 Å². The first-order valence-corrected chi connectivity index (χ1v) is 7.89. The molecular formula is C17H18FNS. The molecule has 3 rings (SSSR count). The van der Waals surface area contributed by atoms with Gasteiger partial charge in [-0.3, -0.25) is 0 Å². The van der Waals surface area contributed by atoms with Crippen LogP contribution in [0.2, 0.25) is 0 Å². The maximum Gasteiger partial charge on any atom is 0.123 e. The van der Waals surface area contributed by atoms with E-state index in [1.165, 1.54) is 28.2 Å². The molecule has 3 heteroatoms. The van der Waals surface area contributed by atoms with Gasteiger partial charge >= 0.3 is 0 Å². The number of halogens is 1. The molecule has 1 aliphatic heterocycles. The molecule has 0 saturated carbocycles. The molecule has 2 aromatic rings. The van der Waals surface area contributed by atoms with E-state index in [-0.39, 0.29) is 5.82 Å². The van der Waals surface area contributed by atoms with E-state index in [1.54, 1.807) is 0 Å². The van der Waals surface area contributed by atoms with Crippen molar-refractivity contribution in [3.63, 3.8) is 0 Å². The highest BCUT2D eigenvalue weighted by atomic mass is 32.2. The Morgan fingerprint density at radius 2 is 1.90 bits per heavy atom. The second-order valence-electron chi connectivity index (χ2n) is 5.13. The van der Waals surface area contributed by atoms with E-state index in [0.29, 0.717) is 5.25 Å². The second-order valence-corrected chi connectivity index (χ2v) is 6.47. The van der Waals surface area contributed by atoms with Crippen molar-refractivity contribution >= 4 is 11.8 Å². The number of fused-ring (bicyclic) bond motifs is 1. The highest BCUT2D eigenvalue weighted by Gasteiger charge is 2.20. The maximum atomic E-state index is 12.8. The SMILES string of the molecule is Fc1ccc(CCNCC2Cc3ccccc3S2)cc1. The van der Waals surface area contributed by atoms with Gasteiger partial charge in [0.15, 0.2) is 0 Å². The molecule has 1 aliphatic rings. The van der Waals surface area contributed by atoms with Crippen molar-refractivity contribution in [1.29, 1.82) is 0 Å². The molecule has 0 aliphatic carbocycles. The Bertz CT molecular complexity index is 542. The summed E-state index contributed by atoms with van der Waals surface area (Å²) in [6, 6.07) is 15.4. The van der Waals surface area contributed by atoms with Gasteiger partial charge in [-0.2, -0.15) is 0 Å². The molecule has 0 aromatic heterocycles. The van der Waals surface area contributed by atoms with Gasteiger partial charge in [0, 0.05) is 16.7 Å². The van der Waals surface area contributed by atoms with Crippen LogP contribution in [0.25, 0.3) is 0 Å². The minimum absolute atomic E-state index is 0.165. The lowest BCUT2D eigenvalue weighted by Crippen LogP contribution is -2.26. The van der Waals surface area contributed by atoms with Crippen molar-refractivity contribution in [3.05, 3.63) is 65.5 Å². The van der Waals surface area contributed by atoms with Crippen LogP contribution in [-0.4, -0.2) is 18.3 Å². The van der Waals surface area contributed by atoms with Crippen molar-refractivity contribution in [2.24, 2.45) is 0 Å². The third-order valence-corrected chi connectivity index (χ3v) is 4.91. The molecule has 0 radical (unpaired) electrons. The lowest BCUT2D eigenvalue weighted by atomic mass is 10.1. The average Bonchev–Trinajstić information content (AvgIpc) is 2.88. The van der Waals surface area contributed by atoms with Crippen LogP contribution < -0.4 is 5.32 Å². The lowest BCUT2D eigenvalue weighted by molar-refractivity contribution is 0.625. The number of nitrogens with one attached hydrogen (secondary N) is 1. The minimum Gasteiger partial charge on any atom is -0.315 e. The lowest BCUT2D eigenvalue weighted by Gasteiger charge is -2.10. The first-order valence-electron chi connectivity index (χ1n) is 7.01. The average molecular weight is 287 g/mol. The van der Waals surface area contributed by atoms with E-state index in [4.69, 9.17) is 0 Å². The Labute approximate surface area is 123 Å². The highest BCUT2D eigenvalue weighted by molar-refractivity contribution is 8.00. The second kappa shape index (κ2) is 6.42. The van der Waals surface area contributed by atoms with Gasteiger partial charge in [0.2, 0.25) is 0 Å². The van der Waals surface area contributed by atoms with Crippen LogP contribution >= 0.6 is 11.8 Å². The van der Waals surface area contributed by atoms with Gasteiger partial charge in [-0.15, -0.1) is 11.8 Å². The molecule has 104 valence electrons. The number of hydrogen-bond donors (Lipinski definition) is 1. The zero-order chi connectivity index (χ0) is 13.8. The smallest absolute Gasteiger partial charge is 0.123 e. The van der Waals surface area contributed by atoms with Gasteiger partial charge in [-0.05, 0) is 48.7 Å². The summed E-state index contributed by atoms with van der Waals surface area (Å²) in [6.45, 7) is 1.97. The molecule has 0 fully saturated rings. The zero-order valence-corrected chi connectivity index (χ0v) is 12.1. The van der Waals surface area contributed by atoms with Crippen LogP contribution in [0.15, 0.2) is 53.4 Å². The summed E-state index contributed by atoms with van der Waals surface area (Å²) in [5.41, 5.74) is 2.66. The standard InChI is InChI=1S/C17H18FNS/c18-15-7-5-13(6-8-15)9-10-19-12-16-11-14-3-1-2-4-17(14)20-16/h1-8,16,19H,9-12H2. The molecule has 1 atom stereocenters. The van der Waals surface area contributed by atoms with Crippen LogP contribution in [0, 0.1) is 5.82 Å². The van der Waals surface area contributed by atoms with Crippen molar-refractivity contribution in [2.45, 2.75) is 23.0 Å². The molecule has 1 nitrogen and oxygen atoms in total. The monoisotopic (exact) mass is 287 g/mol. The molecule has 1 unspecified atom stereocenters. The summed E-state index contributed by atoms with van der Waals surface area (Å²) >= 11 is 1.97. The van der Waals surface area contributed by atoms with Crippen LogP contribution in [0.1, 0.15) is 11.1 Å². The summed E-state index contributed by atoms with van der Waals surface area (Å²) in [6.07, 6.45) is 2.11. The van der Waals surface area contributed by atoms with Crippen molar-refractivity contribution in [2.75, 3.05) is 13.1 Å². The Morgan fingerprint density at radius 1 is 1.10 bits per heavy atom. The summed E-state index contributed by atoms with van der Waals surface area (Å²) in [5, 5.41) is 4.15. The Morgan fingerprint density at radius 3 is 2.70 bits per heavy atom. The van der Waals surface area contributed by atoms with Gasteiger partial charge in [-0.25, -0.2) is 4.39 Å². The highest BCUT2D eigenvalue weighted by Crippen LogP contribution is 2.36. The van der Waals surface area contributed by atoms with Gasteiger partial charge < -0.3 is 5.32 Å². The van der Waals surface area contributed by atoms with Gasteiger partial charge in [0.1, 0.15) is 5.82 Å². The first kappa shape index (κ1) is 13.7. The fourth-order valence-corrected chi connectivity index (χ4v) is 3.80. The summed E-state index contributed by atoms with van der Waals surface area (Å²) in [7, 11) is 0. The molecule has 0 amide bonds. The summed E-state index contributed by atoms with van der Waals surface area (Å²) in [5.74, 6) is -0.165. The zero-order valence-electron chi connectivity index (χ0n) is 11.3. The number of hydrogen-bond acceptors (Lipinski definition) is 2. The Kier molecular flexibility index (Phi) is 4.38. The number of benzene rings is 2. The number of thioether (sulfide) groups is 1. The molecule has 2 aromatic carbocycles. The normalized spacial score (nSPS) is 17.1. The van der Waals surface area contributed by atoms with Crippen LogP contribution in [0.3, 0.4) is 0 Å². The van der Waals surface area contributed by atoms with Gasteiger partial charge in [0.05, 0.1) is 0 Å². The maximum absolute atomic E-state index is 12.8. The van der Waals surface area contributed by atoms with E-state index in [9.17, 15) is 4.39 Å². The predicted octanol–water partition coefficient (Wildman–Crippen LogP) is 3.67. The van der Waals surface area contributed by atoms with Crippen LogP contribution in [0.5, 0.6) is 0 Å². The van der Waals surface area contributed by atoms with Gasteiger partial charge in [0.25, 0.3) is 0 Å². The molecule has 0 spiro atoms. The van der Waals surface area contributed by atoms with Crippen LogP contribution in [0.4, 0.5) is 4.39 Å². The quantitative estimate of drug-likeness (QED) is 0.842. The van der Waals surface area contributed by atoms with E-state index >= 15 is 0 Å². The fraction of sp³-hybridized carbons (Fsp3) is 0.294. The minimum atomic E-state index is -0.165. The summed E-state index contributed by atoms with van der Waals surface area (Å²) in [4.78, 5) is 1.43. The third-order valence-electron chi connectivity index (χ3n) is 3.59. The van der Waals surface area contributed by atoms with E-state index in [1.807, 2.05) is 23.9 Å². The molecule has 0 bridgehead atoms. The molecule has 1 N–H and O–H groups in total. The van der Waals surface area contributed by atoms with E-state index in [0.717, 1.165) is 25.9 Å². The molecule has 1 heterocycles.